The Labute approximate surface area is 111 Å². The lowest BCUT2D eigenvalue weighted by molar-refractivity contribution is 0.0136. The zero-order valence-corrected chi connectivity index (χ0v) is 10.4. The van der Waals surface area contributed by atoms with Crippen molar-refractivity contribution < 1.29 is 8.78 Å². The molecule has 0 aromatic heterocycles. The molecule has 0 saturated carbocycles. The summed E-state index contributed by atoms with van der Waals surface area (Å²) in [5.41, 5.74) is 6.21. The van der Waals surface area contributed by atoms with Crippen molar-refractivity contribution in [3.63, 3.8) is 0 Å². The largest absolute Gasteiger partial charge is 0.297 e. The first-order chi connectivity index (χ1) is 9.13. The van der Waals surface area contributed by atoms with E-state index in [0.717, 1.165) is 5.56 Å². The molecular weight excluding hydrogens is 246 g/mol. The van der Waals surface area contributed by atoms with Crippen LogP contribution in [0.15, 0.2) is 60.7 Å². The molecule has 0 aliphatic carbocycles. The first kappa shape index (κ1) is 13.6. The van der Waals surface area contributed by atoms with Crippen LogP contribution in [-0.2, 0) is 12.3 Å². The van der Waals surface area contributed by atoms with Gasteiger partial charge in [0.25, 0.3) is 0 Å². The average Bonchev–Trinajstić information content (AvgIpc) is 2.46. The molecule has 2 unspecified atom stereocenters. The van der Waals surface area contributed by atoms with Gasteiger partial charge in [0.15, 0.2) is 0 Å². The van der Waals surface area contributed by atoms with Crippen LogP contribution in [0.5, 0.6) is 0 Å². The highest BCUT2D eigenvalue weighted by Crippen LogP contribution is 2.27. The van der Waals surface area contributed by atoms with Crippen molar-refractivity contribution in [2.75, 3.05) is 0 Å². The topological polar surface area (TPSA) is 38.0 Å². The fraction of sp³-hybridized carbons (Fsp3) is 0.200. The summed E-state index contributed by atoms with van der Waals surface area (Å²) < 4.78 is 28.2. The highest BCUT2D eigenvalue weighted by Gasteiger charge is 2.38. The van der Waals surface area contributed by atoms with Crippen LogP contribution in [-0.4, -0.2) is 6.30 Å². The van der Waals surface area contributed by atoms with E-state index in [1.165, 1.54) is 12.1 Å². The number of benzene rings is 2. The summed E-state index contributed by atoms with van der Waals surface area (Å²) in [5.74, 6) is -2.39. The van der Waals surface area contributed by atoms with E-state index in [4.69, 9.17) is 5.73 Å². The third kappa shape index (κ3) is 3.16. The molecule has 0 spiro atoms. The number of alkyl halides is 2. The van der Waals surface area contributed by atoms with E-state index in [1.807, 2.05) is 30.3 Å². The second-order valence-corrected chi connectivity index (χ2v) is 4.32. The molecule has 2 rings (SSSR count). The lowest BCUT2D eigenvalue weighted by Crippen LogP contribution is -2.49. The second kappa shape index (κ2) is 5.91. The van der Waals surface area contributed by atoms with E-state index < -0.39 is 12.1 Å². The summed E-state index contributed by atoms with van der Waals surface area (Å²) in [6, 6.07) is 17.3. The van der Waals surface area contributed by atoms with Crippen molar-refractivity contribution in [1.82, 2.24) is 5.32 Å². The lowest BCUT2D eigenvalue weighted by atomic mass is 10.0. The summed E-state index contributed by atoms with van der Waals surface area (Å²) in [6.45, 7) is 0.198. The van der Waals surface area contributed by atoms with Crippen molar-refractivity contribution in [2.45, 2.75) is 18.6 Å². The van der Waals surface area contributed by atoms with E-state index in [9.17, 15) is 8.78 Å². The summed E-state index contributed by atoms with van der Waals surface area (Å²) in [4.78, 5) is 0. The van der Waals surface area contributed by atoms with Crippen molar-refractivity contribution in [3.05, 3.63) is 71.8 Å². The van der Waals surface area contributed by atoms with Crippen LogP contribution in [0.2, 0.25) is 0 Å². The molecule has 0 amide bonds. The minimum absolute atomic E-state index is 0.181. The zero-order valence-electron chi connectivity index (χ0n) is 10.4. The van der Waals surface area contributed by atoms with Gasteiger partial charge in [-0.05, 0) is 5.56 Å². The average molecular weight is 262 g/mol. The Balaban J connectivity index is 2.17. The number of nitrogens with two attached hydrogens (primary N) is 1. The van der Waals surface area contributed by atoms with E-state index >= 15 is 0 Å². The van der Waals surface area contributed by atoms with Gasteiger partial charge in [-0.3, -0.25) is 11.1 Å². The highest BCUT2D eigenvalue weighted by molar-refractivity contribution is 5.24. The molecule has 0 aliphatic rings. The Morgan fingerprint density at radius 1 is 1.00 bits per heavy atom. The highest BCUT2D eigenvalue weighted by atomic mass is 19.2. The van der Waals surface area contributed by atoms with E-state index in [-0.39, 0.29) is 12.1 Å². The van der Waals surface area contributed by atoms with Gasteiger partial charge in [-0.1, -0.05) is 60.7 Å². The molecule has 2 aromatic carbocycles. The minimum atomic E-state index is -2.39. The van der Waals surface area contributed by atoms with Crippen molar-refractivity contribution >= 4 is 0 Å². The van der Waals surface area contributed by atoms with Crippen LogP contribution in [0.1, 0.15) is 11.1 Å². The summed E-state index contributed by atoms with van der Waals surface area (Å²) in [7, 11) is 0. The maximum absolute atomic E-state index is 14.7. The van der Waals surface area contributed by atoms with E-state index in [2.05, 4.69) is 5.32 Å². The summed E-state index contributed by atoms with van der Waals surface area (Å²) in [5, 5.41) is 2.56. The van der Waals surface area contributed by atoms with Crippen LogP contribution in [0, 0.1) is 0 Å². The molecule has 0 radical (unpaired) electrons. The molecule has 2 atom stereocenters. The Bertz CT molecular complexity index is 502. The zero-order chi connectivity index (χ0) is 13.7. The van der Waals surface area contributed by atoms with Gasteiger partial charge in [0, 0.05) is 12.1 Å². The van der Waals surface area contributed by atoms with Crippen LogP contribution in [0.4, 0.5) is 8.78 Å². The predicted molar refractivity (Wildman–Crippen MR) is 71.6 cm³/mol. The summed E-state index contributed by atoms with van der Waals surface area (Å²) in [6.07, 6.45) is -2.14. The van der Waals surface area contributed by atoms with Gasteiger partial charge in [-0.25, -0.2) is 8.78 Å². The minimum Gasteiger partial charge on any atom is -0.297 e. The molecule has 3 N–H and O–H groups in total. The Morgan fingerprint density at radius 3 is 2.05 bits per heavy atom. The van der Waals surface area contributed by atoms with Gasteiger partial charge in [0.2, 0.25) is 12.1 Å². The summed E-state index contributed by atoms with van der Waals surface area (Å²) >= 11 is 0. The Hall–Kier alpha value is -1.78. The molecule has 0 fully saturated rings. The Kier molecular flexibility index (Phi) is 4.24. The second-order valence-electron chi connectivity index (χ2n) is 4.32. The first-order valence-electron chi connectivity index (χ1n) is 6.06. The molecule has 0 bridgehead atoms. The molecule has 0 aliphatic heterocycles. The molecule has 0 saturated heterocycles. The normalized spacial score (nSPS) is 15.7. The number of hydrogen-bond acceptors (Lipinski definition) is 2. The number of hydrogen-bond donors (Lipinski definition) is 2. The molecule has 2 nitrogen and oxygen atoms in total. The molecular formula is C15H16F2N2. The smallest absolute Gasteiger partial charge is 0.232 e. The number of rotatable bonds is 5. The fourth-order valence-corrected chi connectivity index (χ4v) is 1.87. The van der Waals surface area contributed by atoms with Gasteiger partial charge >= 0.3 is 0 Å². The van der Waals surface area contributed by atoms with Gasteiger partial charge in [0.1, 0.15) is 0 Å². The van der Waals surface area contributed by atoms with Gasteiger partial charge in [-0.15, -0.1) is 0 Å². The van der Waals surface area contributed by atoms with Crippen LogP contribution >= 0.6 is 0 Å². The Morgan fingerprint density at radius 2 is 1.53 bits per heavy atom. The molecule has 19 heavy (non-hydrogen) atoms. The SMILES string of the molecule is NC(F)C(F)(NCc1ccccc1)c1ccccc1. The van der Waals surface area contributed by atoms with E-state index in [0.29, 0.717) is 0 Å². The van der Waals surface area contributed by atoms with Crippen LogP contribution in [0.25, 0.3) is 0 Å². The third-order valence-electron chi connectivity index (χ3n) is 2.97. The van der Waals surface area contributed by atoms with Gasteiger partial charge in [-0.2, -0.15) is 0 Å². The van der Waals surface area contributed by atoms with Crippen molar-refractivity contribution in [1.29, 1.82) is 0 Å². The maximum atomic E-state index is 14.7. The molecule has 100 valence electrons. The number of nitrogens with one attached hydrogen (secondary N) is 1. The quantitative estimate of drug-likeness (QED) is 0.813. The third-order valence-corrected chi connectivity index (χ3v) is 2.97. The standard InChI is InChI=1S/C15H16F2N2/c16-14(18)15(17,13-9-5-2-6-10-13)19-11-12-7-3-1-4-8-12/h1-10,14,19H,11,18H2. The fourth-order valence-electron chi connectivity index (χ4n) is 1.87. The van der Waals surface area contributed by atoms with Crippen LogP contribution in [0.3, 0.4) is 0 Å². The monoisotopic (exact) mass is 262 g/mol. The van der Waals surface area contributed by atoms with E-state index in [1.54, 1.807) is 18.2 Å². The molecule has 4 heteroatoms. The van der Waals surface area contributed by atoms with Gasteiger partial charge < -0.3 is 0 Å². The van der Waals surface area contributed by atoms with Crippen molar-refractivity contribution in [2.24, 2.45) is 5.73 Å². The first-order valence-corrected chi connectivity index (χ1v) is 6.06. The maximum Gasteiger partial charge on any atom is 0.232 e. The lowest BCUT2D eigenvalue weighted by Gasteiger charge is -2.28. The predicted octanol–water partition coefficient (Wildman–Crippen LogP) is 2.85. The number of halogens is 2. The molecule has 0 heterocycles. The van der Waals surface area contributed by atoms with Crippen LogP contribution < -0.4 is 11.1 Å². The molecule has 2 aromatic rings. The van der Waals surface area contributed by atoms with Gasteiger partial charge in [0.05, 0.1) is 0 Å². The van der Waals surface area contributed by atoms with Crippen molar-refractivity contribution in [3.8, 4) is 0 Å².